The van der Waals surface area contributed by atoms with Crippen LogP contribution in [0.5, 0.6) is 0 Å². The second-order valence-corrected chi connectivity index (χ2v) is 8.01. The minimum Gasteiger partial charge on any atom is -0.370 e. The first kappa shape index (κ1) is 19.8. The third-order valence-corrected chi connectivity index (χ3v) is 5.55. The van der Waals surface area contributed by atoms with E-state index in [1.165, 1.54) is 6.07 Å². The SMILES string of the molecule is Cc1ccc2c(-c3ccc(Cl)cc3F)nc(N3CCO[C@@H](c4cnn(C)c4)C3)nc2n1. The summed E-state index contributed by atoms with van der Waals surface area (Å²) in [5.41, 5.74) is 3.20. The van der Waals surface area contributed by atoms with Crippen LogP contribution in [0.1, 0.15) is 17.4 Å². The standard InChI is InChI=1S/C22H20ClFN6O/c1-13-3-5-17-20(16-6-4-15(23)9-18(16)24)27-22(28-21(17)26-13)30-7-8-31-19(12-30)14-10-25-29(2)11-14/h3-6,9-11,19H,7-8,12H2,1-2H3/t19-/m1/s1. The van der Waals surface area contributed by atoms with Crippen LogP contribution in [0.4, 0.5) is 10.3 Å². The predicted octanol–water partition coefficient (Wildman–Crippen LogP) is 4.10. The Labute approximate surface area is 183 Å². The zero-order valence-electron chi connectivity index (χ0n) is 17.1. The predicted molar refractivity (Wildman–Crippen MR) is 117 cm³/mol. The van der Waals surface area contributed by atoms with Gasteiger partial charge < -0.3 is 9.64 Å². The third kappa shape index (κ3) is 3.84. The molecule has 158 valence electrons. The summed E-state index contributed by atoms with van der Waals surface area (Å²) in [7, 11) is 1.87. The molecule has 0 amide bonds. The maximum Gasteiger partial charge on any atom is 0.228 e. The smallest absolute Gasteiger partial charge is 0.228 e. The minimum absolute atomic E-state index is 0.150. The lowest BCUT2D eigenvalue weighted by Crippen LogP contribution is -2.39. The molecule has 1 fully saturated rings. The Hall–Kier alpha value is -3.10. The average Bonchev–Trinajstić information content (AvgIpc) is 3.19. The number of halogens is 2. The van der Waals surface area contributed by atoms with Crippen molar-refractivity contribution in [1.82, 2.24) is 24.7 Å². The fourth-order valence-electron chi connectivity index (χ4n) is 3.76. The van der Waals surface area contributed by atoms with E-state index in [0.717, 1.165) is 11.3 Å². The highest BCUT2D eigenvalue weighted by atomic mass is 35.5. The second kappa shape index (κ2) is 7.86. The molecule has 1 aliphatic heterocycles. The number of hydrogen-bond acceptors (Lipinski definition) is 6. The maximum atomic E-state index is 14.8. The summed E-state index contributed by atoms with van der Waals surface area (Å²) in [5.74, 6) is 0.0568. The highest BCUT2D eigenvalue weighted by Gasteiger charge is 2.26. The van der Waals surface area contributed by atoms with Crippen molar-refractivity contribution in [3.8, 4) is 11.3 Å². The summed E-state index contributed by atoms with van der Waals surface area (Å²) in [6.45, 7) is 3.60. The summed E-state index contributed by atoms with van der Waals surface area (Å²) in [6, 6.07) is 8.33. The normalized spacial score (nSPS) is 16.8. The van der Waals surface area contributed by atoms with Gasteiger partial charge in [0.2, 0.25) is 5.95 Å². The Morgan fingerprint density at radius 2 is 2.03 bits per heavy atom. The van der Waals surface area contributed by atoms with Gasteiger partial charge in [-0.05, 0) is 37.3 Å². The molecule has 9 heteroatoms. The molecule has 4 aromatic rings. The Bertz CT molecular complexity index is 1280. The molecule has 0 N–H and O–H groups in total. The quantitative estimate of drug-likeness (QED) is 0.479. The molecular formula is C22H20ClFN6O. The van der Waals surface area contributed by atoms with E-state index in [2.05, 4.69) is 10.1 Å². The van der Waals surface area contributed by atoms with E-state index in [9.17, 15) is 4.39 Å². The Balaban J connectivity index is 1.60. The Kier molecular flexibility index (Phi) is 5.03. The van der Waals surface area contributed by atoms with Gasteiger partial charge in [-0.2, -0.15) is 10.1 Å². The molecule has 5 rings (SSSR count). The first-order valence-electron chi connectivity index (χ1n) is 9.94. The van der Waals surface area contributed by atoms with Crippen LogP contribution in [0.3, 0.4) is 0 Å². The van der Waals surface area contributed by atoms with Crippen molar-refractivity contribution in [1.29, 1.82) is 0 Å². The minimum atomic E-state index is -0.436. The van der Waals surface area contributed by atoms with Crippen molar-refractivity contribution >= 4 is 28.6 Å². The molecule has 1 aliphatic rings. The molecule has 0 saturated carbocycles. The van der Waals surface area contributed by atoms with E-state index in [4.69, 9.17) is 26.3 Å². The highest BCUT2D eigenvalue weighted by molar-refractivity contribution is 6.30. The Morgan fingerprint density at radius 1 is 1.16 bits per heavy atom. The molecule has 31 heavy (non-hydrogen) atoms. The lowest BCUT2D eigenvalue weighted by molar-refractivity contribution is 0.0392. The molecular weight excluding hydrogens is 419 g/mol. The highest BCUT2D eigenvalue weighted by Crippen LogP contribution is 2.32. The topological polar surface area (TPSA) is 69.0 Å². The number of fused-ring (bicyclic) bond motifs is 1. The summed E-state index contributed by atoms with van der Waals surface area (Å²) < 4.78 is 22.5. The molecule has 7 nitrogen and oxygen atoms in total. The van der Waals surface area contributed by atoms with Gasteiger partial charge in [-0.1, -0.05) is 11.6 Å². The first-order chi connectivity index (χ1) is 15.0. The maximum absolute atomic E-state index is 14.8. The first-order valence-corrected chi connectivity index (χ1v) is 10.3. The summed E-state index contributed by atoms with van der Waals surface area (Å²) in [4.78, 5) is 16.1. The van der Waals surface area contributed by atoms with Gasteiger partial charge in [-0.15, -0.1) is 0 Å². The van der Waals surface area contributed by atoms with E-state index >= 15 is 0 Å². The zero-order chi connectivity index (χ0) is 21.5. The van der Waals surface area contributed by atoms with E-state index in [-0.39, 0.29) is 6.10 Å². The number of ether oxygens (including phenoxy) is 1. The molecule has 1 atom stereocenters. The number of morpholine rings is 1. The molecule has 0 unspecified atom stereocenters. The van der Waals surface area contributed by atoms with Crippen LogP contribution in [-0.2, 0) is 11.8 Å². The second-order valence-electron chi connectivity index (χ2n) is 7.57. The van der Waals surface area contributed by atoms with Gasteiger partial charge >= 0.3 is 0 Å². The van der Waals surface area contributed by atoms with Gasteiger partial charge in [0.15, 0.2) is 5.65 Å². The van der Waals surface area contributed by atoms with Gasteiger partial charge in [0.05, 0.1) is 25.0 Å². The molecule has 4 heterocycles. The number of rotatable bonds is 3. The monoisotopic (exact) mass is 438 g/mol. The van der Waals surface area contributed by atoms with Crippen LogP contribution in [0.25, 0.3) is 22.3 Å². The van der Waals surface area contributed by atoms with E-state index in [1.54, 1.807) is 23.0 Å². The van der Waals surface area contributed by atoms with Crippen LogP contribution >= 0.6 is 11.6 Å². The largest absolute Gasteiger partial charge is 0.370 e. The van der Waals surface area contributed by atoms with Crippen molar-refractivity contribution in [2.45, 2.75) is 13.0 Å². The number of hydrogen-bond donors (Lipinski definition) is 0. The number of anilines is 1. The van der Waals surface area contributed by atoms with Crippen molar-refractivity contribution in [2.75, 3.05) is 24.6 Å². The fourth-order valence-corrected chi connectivity index (χ4v) is 3.92. The summed E-state index contributed by atoms with van der Waals surface area (Å²) >= 11 is 5.96. The number of nitrogens with zero attached hydrogens (tertiary/aromatic N) is 6. The Morgan fingerprint density at radius 3 is 2.81 bits per heavy atom. The van der Waals surface area contributed by atoms with Crippen LogP contribution in [-0.4, -0.2) is 44.4 Å². The van der Waals surface area contributed by atoms with Crippen molar-refractivity contribution in [2.24, 2.45) is 7.05 Å². The summed E-state index contributed by atoms with van der Waals surface area (Å²) in [6.07, 6.45) is 3.59. The number of aromatic nitrogens is 5. The number of pyridine rings is 1. The van der Waals surface area contributed by atoms with E-state index in [1.807, 2.05) is 37.2 Å². The molecule has 1 aromatic carbocycles. The molecule has 0 radical (unpaired) electrons. The summed E-state index contributed by atoms with van der Waals surface area (Å²) in [5, 5.41) is 5.26. The van der Waals surface area contributed by atoms with Crippen LogP contribution in [0.15, 0.2) is 42.7 Å². The zero-order valence-corrected chi connectivity index (χ0v) is 17.8. The van der Waals surface area contributed by atoms with Crippen LogP contribution < -0.4 is 4.90 Å². The van der Waals surface area contributed by atoms with Gasteiger partial charge in [0, 0.05) is 47.0 Å². The fraction of sp³-hybridized carbons (Fsp3) is 0.273. The number of aryl methyl sites for hydroxylation is 2. The van der Waals surface area contributed by atoms with Gasteiger partial charge in [-0.3, -0.25) is 4.68 Å². The van der Waals surface area contributed by atoms with Crippen molar-refractivity contribution in [3.63, 3.8) is 0 Å². The molecule has 0 bridgehead atoms. The van der Waals surface area contributed by atoms with Crippen molar-refractivity contribution in [3.05, 3.63) is 64.8 Å². The lowest BCUT2D eigenvalue weighted by atomic mass is 10.1. The lowest BCUT2D eigenvalue weighted by Gasteiger charge is -2.32. The molecule has 0 aliphatic carbocycles. The molecule has 0 spiro atoms. The van der Waals surface area contributed by atoms with E-state index < -0.39 is 5.82 Å². The molecule has 3 aromatic heterocycles. The van der Waals surface area contributed by atoms with E-state index in [0.29, 0.717) is 53.0 Å². The van der Waals surface area contributed by atoms with Crippen LogP contribution in [0, 0.1) is 12.7 Å². The van der Waals surface area contributed by atoms with Gasteiger partial charge in [0.1, 0.15) is 11.9 Å². The van der Waals surface area contributed by atoms with Gasteiger partial charge in [0.25, 0.3) is 0 Å². The third-order valence-electron chi connectivity index (χ3n) is 5.32. The number of benzene rings is 1. The molecule has 1 saturated heterocycles. The van der Waals surface area contributed by atoms with Crippen molar-refractivity contribution < 1.29 is 9.13 Å². The van der Waals surface area contributed by atoms with Gasteiger partial charge in [-0.25, -0.2) is 14.4 Å². The average molecular weight is 439 g/mol. The van der Waals surface area contributed by atoms with Crippen LogP contribution in [0.2, 0.25) is 5.02 Å².